The highest BCUT2D eigenvalue weighted by molar-refractivity contribution is 6.77. The molecule has 0 amide bonds. The second-order valence-electron chi connectivity index (χ2n) is 31.2. The van der Waals surface area contributed by atoms with Crippen LogP contribution in [-0.2, 0) is 27.1 Å². The van der Waals surface area contributed by atoms with Crippen LogP contribution < -0.4 is 0 Å². The van der Waals surface area contributed by atoms with E-state index in [1.54, 1.807) is 299 Å². The van der Waals surface area contributed by atoms with E-state index in [9.17, 15) is 0 Å². The van der Waals surface area contributed by atoms with E-state index in [2.05, 4.69) is 152 Å². The monoisotopic (exact) mass is 1110 g/mol. The second kappa shape index (κ2) is 9.20. The maximum atomic E-state index is 2.65. The van der Waals surface area contributed by atoms with Crippen molar-refractivity contribution in [1.82, 2.24) is 0 Å². The first-order valence-electron chi connectivity index (χ1n) is 33.3. The molecule has 0 saturated heterocycles. The summed E-state index contributed by atoms with van der Waals surface area (Å²) in [6.45, 7) is 0. The van der Waals surface area contributed by atoms with E-state index in [1.165, 1.54) is 27.8 Å². The van der Waals surface area contributed by atoms with Crippen LogP contribution in [-0.4, -0.2) is 0 Å². The van der Waals surface area contributed by atoms with E-state index in [1.807, 2.05) is 0 Å². The van der Waals surface area contributed by atoms with Gasteiger partial charge in [-0.05, 0) is 299 Å². The van der Waals surface area contributed by atoms with Crippen molar-refractivity contribution in [3.05, 3.63) is 263 Å². The highest BCUT2D eigenvalue weighted by atomic mass is 14.8. The zero-order valence-corrected chi connectivity index (χ0v) is 46.9. The van der Waals surface area contributed by atoms with Crippen molar-refractivity contribution in [1.29, 1.82) is 0 Å². The van der Waals surface area contributed by atoms with Crippen molar-refractivity contribution in [2.24, 2.45) is 0 Å². The van der Waals surface area contributed by atoms with Crippen LogP contribution in [0.25, 0.3) is 215 Å². The summed E-state index contributed by atoms with van der Waals surface area (Å²) in [7, 11) is 0. The average Bonchev–Trinajstić information content (AvgIpc) is 1.37. The Labute approximate surface area is 502 Å². The number of hydrogen-bond acceptors (Lipinski definition) is 0. The lowest BCUT2D eigenvalue weighted by molar-refractivity contribution is 0.571. The number of rotatable bonds is 5. The molecule has 27 aromatic carbocycles. The van der Waals surface area contributed by atoms with E-state index in [-0.39, 0.29) is 0 Å². The first-order chi connectivity index (χ1) is 44.9. The minimum absolute atomic E-state index is 0.648. The molecular weight excluding hydrogens is 1080 g/mol. The fraction of sp³-hybridized carbons (Fsp3) is 0.0556. The maximum Gasteiger partial charge on any atom is 0.0498 e. The van der Waals surface area contributed by atoms with Gasteiger partial charge in [0.1, 0.15) is 0 Å². The van der Waals surface area contributed by atoms with E-state index in [4.69, 9.17) is 0 Å². The Morgan fingerprint density at radius 3 is 0.544 bits per heavy atom. The Morgan fingerprint density at radius 2 is 0.311 bits per heavy atom. The Bertz CT molecular complexity index is 6980. The standard InChI is InChI=1S/C90H25/c1-6-16-26(17-7-1)86-71-61-51-41-36-31-32-34-35-33(31)38-45-43(36)53(51)63-65-55(45)57-47(38)49-40(35)50-48-39(34)46-44-37(32)42(41)52-54(44)64-66-56(46)58(48)68-70-60(50)59(49)69-67(57)77-75(65)87(73(63)71,27-18-8-2-9-19-27)82-81(86)83-85-84(82)89(77,29-22-12-4-13-23-29)79(69)80(70)90(85,30-24-14-5-15-25-30)78(68)76(66)88(83,28-20-10-3-11-21-28)74(64)72(86)62(52)61/h1-25H/q-1. The van der Waals surface area contributed by atoms with E-state index in [0.29, 0.717) is 0 Å². The summed E-state index contributed by atoms with van der Waals surface area (Å²) in [6, 6.07) is 62.5. The maximum absolute atomic E-state index is 2.65. The fourth-order valence-electron chi connectivity index (χ4n) is 30.0. The first-order valence-corrected chi connectivity index (χ1v) is 33.3. The number of hydrogen-bond donors (Lipinski definition) is 0. The van der Waals surface area contributed by atoms with Crippen LogP contribution in [0.4, 0.5) is 0 Å². The first kappa shape index (κ1) is 36.9. The molecule has 90 heavy (non-hydrogen) atoms. The largest absolute Gasteiger partial charge is 0.170 e. The van der Waals surface area contributed by atoms with E-state index in [0.717, 1.165) is 0 Å². The fourth-order valence-corrected chi connectivity index (χ4v) is 30.0. The number of benzene rings is 20. The van der Waals surface area contributed by atoms with Crippen molar-refractivity contribution in [3.8, 4) is 0 Å². The molecule has 0 nitrogen and oxygen atoms in total. The molecule has 10 aliphatic rings. The van der Waals surface area contributed by atoms with Crippen LogP contribution in [0.3, 0.4) is 0 Å². The molecule has 0 fully saturated rings. The smallest absolute Gasteiger partial charge is 0.0498 e. The molecule has 0 atom stereocenters. The van der Waals surface area contributed by atoms with Gasteiger partial charge in [-0.3, -0.25) is 0 Å². The Balaban J connectivity index is 1.08. The molecule has 27 aromatic rings. The molecule has 0 radical (unpaired) electrons. The van der Waals surface area contributed by atoms with Gasteiger partial charge in [-0.2, -0.15) is 11.1 Å². The molecular formula is C90H25-. The Morgan fingerprint density at radius 1 is 0.144 bits per heavy atom. The highest BCUT2D eigenvalue weighted by Crippen LogP contribution is 2.91. The molecule has 0 saturated carbocycles. The third-order valence-corrected chi connectivity index (χ3v) is 30.4. The lowest BCUT2D eigenvalue weighted by atomic mass is 9.45. The van der Waals surface area contributed by atoms with Crippen LogP contribution in [0.5, 0.6) is 0 Å². The molecule has 0 spiro atoms. The summed E-state index contributed by atoms with van der Waals surface area (Å²) in [5.41, 5.74) is 28.9. The normalized spacial score (nSPS) is 24.9. The van der Waals surface area contributed by atoms with Gasteiger partial charge in [0.05, 0.1) is 0 Å². The van der Waals surface area contributed by atoms with Crippen LogP contribution >= 0.6 is 0 Å². The van der Waals surface area contributed by atoms with Crippen LogP contribution in [0.1, 0.15) is 111 Å². The summed E-state index contributed by atoms with van der Waals surface area (Å²) >= 11 is 0. The summed E-state index contributed by atoms with van der Waals surface area (Å²) in [4.78, 5) is 0. The predicted molar refractivity (Wildman–Crippen MR) is 367 cm³/mol. The molecule has 0 bridgehead atoms. The summed E-state index contributed by atoms with van der Waals surface area (Å²) in [6.07, 6.45) is 0. The van der Waals surface area contributed by atoms with Crippen molar-refractivity contribution >= 4 is 215 Å². The molecule has 0 N–H and O–H groups in total. The third kappa shape index (κ3) is 2.20. The van der Waals surface area contributed by atoms with Gasteiger partial charge >= 0.3 is 0 Å². The molecule has 0 unspecified atom stereocenters. The zero-order chi connectivity index (χ0) is 54.8. The van der Waals surface area contributed by atoms with Crippen LogP contribution in [0, 0.1) is 0 Å². The molecule has 37 rings (SSSR count). The minimum Gasteiger partial charge on any atom is -0.170 e. The van der Waals surface area contributed by atoms with E-state index < -0.39 is 27.1 Å². The molecule has 0 aromatic heterocycles. The molecule has 0 heterocycles. The SMILES string of the molecule is c1ccc(C23c4c5c6[c-]7c4C4(c8ccccc8)c8c2c2c9c3c3c%10c%11c(c%12c%13c%14c(c%15c%16c%17c(c4c4c8c8c2c2c%18c9c%10c9c%10c%11c%13c%11c%13c%14c%16c%14c%16c%17c4c4c8c2c2c(c%189)c(c%10%11)c(c%13%14)c2c4%16)C%157c2ccccc2)C%126c2ccccc2)C53c2ccccc2)cc1. The topological polar surface area (TPSA) is 0 Å². The minimum atomic E-state index is -0.648. The van der Waals surface area contributed by atoms with Crippen LogP contribution in [0.2, 0.25) is 0 Å². The van der Waals surface area contributed by atoms with Gasteiger partial charge in [-0.1, -0.05) is 152 Å². The lowest BCUT2D eigenvalue weighted by Crippen LogP contribution is -2.51. The zero-order valence-electron chi connectivity index (χ0n) is 46.9. The predicted octanol–water partition coefficient (Wildman–Crippen LogP) is 21.1. The van der Waals surface area contributed by atoms with Crippen molar-refractivity contribution in [2.75, 3.05) is 0 Å². The Hall–Kier alpha value is -11.1. The van der Waals surface area contributed by atoms with Gasteiger partial charge < -0.3 is 0 Å². The molecule has 0 heteroatoms. The second-order valence-corrected chi connectivity index (χ2v) is 31.2. The van der Waals surface area contributed by atoms with Gasteiger partial charge in [0.2, 0.25) is 0 Å². The summed E-state index contributed by atoms with van der Waals surface area (Å²) < 4.78 is 0. The van der Waals surface area contributed by atoms with E-state index >= 15 is 0 Å². The van der Waals surface area contributed by atoms with Gasteiger partial charge in [-0.15, -0.1) is 16.7 Å². The van der Waals surface area contributed by atoms with Gasteiger partial charge in [0, 0.05) is 27.1 Å². The van der Waals surface area contributed by atoms with Gasteiger partial charge in [0.15, 0.2) is 0 Å². The summed E-state index contributed by atoms with van der Waals surface area (Å²) in [5.74, 6) is 0. The molecule has 0 aliphatic heterocycles. The van der Waals surface area contributed by atoms with Crippen molar-refractivity contribution < 1.29 is 0 Å². The average molecular weight is 1110 g/mol. The quantitative estimate of drug-likeness (QED) is 0.119. The third-order valence-electron chi connectivity index (χ3n) is 30.4. The molecule has 10 aliphatic carbocycles. The van der Waals surface area contributed by atoms with Crippen molar-refractivity contribution in [3.63, 3.8) is 0 Å². The highest BCUT2D eigenvalue weighted by Gasteiger charge is 2.75. The van der Waals surface area contributed by atoms with Crippen LogP contribution in [0.15, 0.2) is 152 Å². The van der Waals surface area contributed by atoms with Crippen molar-refractivity contribution in [2.45, 2.75) is 27.1 Å². The van der Waals surface area contributed by atoms with Gasteiger partial charge in [-0.25, -0.2) is 0 Å². The Kier molecular flexibility index (Phi) is 3.78. The summed E-state index contributed by atoms with van der Waals surface area (Å²) in [5, 5.41) is 64.8. The molecule has 386 valence electrons. The van der Waals surface area contributed by atoms with Gasteiger partial charge in [0.25, 0.3) is 0 Å². The lowest BCUT2D eigenvalue weighted by Gasteiger charge is -2.61.